The van der Waals surface area contributed by atoms with Crippen LogP contribution < -0.4 is 0 Å². The van der Waals surface area contributed by atoms with E-state index in [1.54, 1.807) is 11.5 Å². The van der Waals surface area contributed by atoms with Crippen LogP contribution in [0.4, 0.5) is 5.82 Å². The third kappa shape index (κ3) is 4.53. The number of likely N-dealkylation sites (tertiary alicyclic amines) is 1. The molecular formula is C16H26N4O3. The highest BCUT2D eigenvalue weighted by molar-refractivity contribution is 5.76. The van der Waals surface area contributed by atoms with Crippen molar-refractivity contribution in [1.29, 1.82) is 0 Å². The van der Waals surface area contributed by atoms with Gasteiger partial charge in [0.15, 0.2) is 0 Å². The van der Waals surface area contributed by atoms with Crippen molar-refractivity contribution in [3.8, 4) is 0 Å². The number of carbonyl (C=O) groups excluding carboxylic acids is 1. The molecule has 1 saturated heterocycles. The van der Waals surface area contributed by atoms with Crippen LogP contribution in [-0.4, -0.2) is 38.4 Å². The monoisotopic (exact) mass is 322 g/mol. The number of hydrogen-bond donors (Lipinski definition) is 0. The summed E-state index contributed by atoms with van der Waals surface area (Å²) in [4.78, 5) is 28.5. The second kappa shape index (κ2) is 7.57. The van der Waals surface area contributed by atoms with E-state index in [4.69, 9.17) is 0 Å². The third-order valence-electron chi connectivity index (χ3n) is 4.79. The smallest absolute Gasteiger partial charge is 0.358 e. The van der Waals surface area contributed by atoms with Crippen LogP contribution in [0.2, 0.25) is 0 Å². The number of aromatic nitrogens is 2. The fraction of sp³-hybridized carbons (Fsp3) is 0.750. The zero-order chi connectivity index (χ0) is 17.0. The van der Waals surface area contributed by atoms with Gasteiger partial charge in [-0.25, -0.2) is 0 Å². The van der Waals surface area contributed by atoms with Gasteiger partial charge in [0.1, 0.15) is 6.20 Å². The van der Waals surface area contributed by atoms with Crippen LogP contribution in [-0.2, 0) is 11.3 Å². The molecule has 2 rings (SSSR count). The van der Waals surface area contributed by atoms with E-state index >= 15 is 0 Å². The first-order valence-corrected chi connectivity index (χ1v) is 8.34. The van der Waals surface area contributed by atoms with Crippen molar-refractivity contribution < 1.29 is 9.72 Å². The molecule has 1 fully saturated rings. The molecule has 0 spiro atoms. The average Bonchev–Trinajstić information content (AvgIpc) is 2.72. The van der Waals surface area contributed by atoms with Crippen LogP contribution in [0.1, 0.15) is 45.4 Å². The minimum Gasteiger partial charge on any atom is -0.358 e. The van der Waals surface area contributed by atoms with E-state index in [1.807, 2.05) is 4.90 Å². The standard InChI is InChI=1S/C16H26N4O3/c1-12(2)14-5-4-8-18(9-6-14)16(21)7-10-19-11-15(20(22)23)17-13(19)3/h11-12,14H,4-10H2,1-3H3/t14-/m1/s1. The molecule has 0 aliphatic carbocycles. The van der Waals surface area contributed by atoms with Gasteiger partial charge in [-0.3, -0.25) is 4.79 Å². The number of carbonyl (C=O) groups is 1. The topological polar surface area (TPSA) is 81.3 Å². The summed E-state index contributed by atoms with van der Waals surface area (Å²) in [5.41, 5.74) is 0. The molecule has 7 nitrogen and oxygen atoms in total. The summed E-state index contributed by atoms with van der Waals surface area (Å²) < 4.78 is 1.69. The van der Waals surface area contributed by atoms with E-state index < -0.39 is 4.92 Å². The van der Waals surface area contributed by atoms with Crippen LogP contribution in [0.15, 0.2) is 6.20 Å². The number of amides is 1. The van der Waals surface area contributed by atoms with Crippen molar-refractivity contribution in [2.45, 2.75) is 53.0 Å². The number of rotatable bonds is 5. The normalized spacial score (nSPS) is 19.0. The predicted molar refractivity (Wildman–Crippen MR) is 87.0 cm³/mol. The fourth-order valence-electron chi connectivity index (χ4n) is 3.22. The quantitative estimate of drug-likeness (QED) is 0.616. The lowest BCUT2D eigenvalue weighted by atomic mass is 9.89. The molecule has 1 amide bonds. The predicted octanol–water partition coefficient (Wildman–Crippen LogP) is 2.77. The lowest BCUT2D eigenvalue weighted by Crippen LogP contribution is -2.32. The fourth-order valence-corrected chi connectivity index (χ4v) is 3.22. The van der Waals surface area contributed by atoms with Crippen molar-refractivity contribution in [1.82, 2.24) is 14.5 Å². The first-order chi connectivity index (χ1) is 10.9. The molecule has 128 valence electrons. The first kappa shape index (κ1) is 17.4. The van der Waals surface area contributed by atoms with Gasteiger partial charge in [0.2, 0.25) is 11.7 Å². The molecule has 1 aliphatic rings. The Hall–Kier alpha value is -1.92. The largest absolute Gasteiger partial charge is 0.381 e. The summed E-state index contributed by atoms with van der Waals surface area (Å²) in [5.74, 6) is 1.90. The van der Waals surface area contributed by atoms with Gasteiger partial charge in [0, 0.05) is 33.0 Å². The molecule has 0 saturated carbocycles. The molecule has 0 bridgehead atoms. The Morgan fingerprint density at radius 2 is 2.17 bits per heavy atom. The van der Waals surface area contributed by atoms with Gasteiger partial charge in [0.25, 0.3) is 0 Å². The lowest BCUT2D eigenvalue weighted by Gasteiger charge is -2.21. The number of aryl methyl sites for hydroxylation is 2. The number of nitrogens with zero attached hydrogens (tertiary/aromatic N) is 4. The zero-order valence-corrected chi connectivity index (χ0v) is 14.2. The Bertz CT molecular complexity index is 568. The summed E-state index contributed by atoms with van der Waals surface area (Å²) in [6.45, 7) is 8.30. The summed E-state index contributed by atoms with van der Waals surface area (Å²) >= 11 is 0. The molecule has 1 aromatic heterocycles. The second-order valence-corrected chi connectivity index (χ2v) is 6.66. The Morgan fingerprint density at radius 3 is 2.78 bits per heavy atom. The van der Waals surface area contributed by atoms with Crippen molar-refractivity contribution in [3.63, 3.8) is 0 Å². The van der Waals surface area contributed by atoms with E-state index in [0.29, 0.717) is 30.6 Å². The van der Waals surface area contributed by atoms with Crippen LogP contribution in [0.3, 0.4) is 0 Å². The maximum atomic E-state index is 12.4. The van der Waals surface area contributed by atoms with Crippen LogP contribution in [0, 0.1) is 28.9 Å². The molecule has 0 radical (unpaired) electrons. The van der Waals surface area contributed by atoms with Crippen LogP contribution in [0.5, 0.6) is 0 Å². The van der Waals surface area contributed by atoms with Crippen molar-refractivity contribution >= 4 is 11.7 Å². The third-order valence-corrected chi connectivity index (χ3v) is 4.79. The molecule has 7 heteroatoms. The molecule has 23 heavy (non-hydrogen) atoms. The Labute approximate surface area is 136 Å². The number of hydrogen-bond acceptors (Lipinski definition) is 4. The average molecular weight is 322 g/mol. The maximum absolute atomic E-state index is 12.4. The highest BCUT2D eigenvalue weighted by atomic mass is 16.6. The van der Waals surface area contributed by atoms with Crippen molar-refractivity contribution in [2.24, 2.45) is 11.8 Å². The van der Waals surface area contributed by atoms with E-state index in [0.717, 1.165) is 25.9 Å². The maximum Gasteiger partial charge on any atom is 0.381 e. The highest BCUT2D eigenvalue weighted by Crippen LogP contribution is 2.24. The second-order valence-electron chi connectivity index (χ2n) is 6.66. The molecule has 1 aliphatic heterocycles. The summed E-state index contributed by atoms with van der Waals surface area (Å²) in [6, 6.07) is 0. The molecule has 0 N–H and O–H groups in total. The van der Waals surface area contributed by atoms with Crippen molar-refractivity contribution in [2.75, 3.05) is 13.1 Å². The van der Waals surface area contributed by atoms with Gasteiger partial charge >= 0.3 is 5.82 Å². The van der Waals surface area contributed by atoms with E-state index in [9.17, 15) is 14.9 Å². The Morgan fingerprint density at radius 1 is 1.43 bits per heavy atom. The van der Waals surface area contributed by atoms with Crippen LogP contribution in [0.25, 0.3) is 0 Å². The van der Waals surface area contributed by atoms with Gasteiger partial charge in [-0.2, -0.15) is 0 Å². The summed E-state index contributed by atoms with van der Waals surface area (Å²) in [6.07, 6.45) is 5.08. The first-order valence-electron chi connectivity index (χ1n) is 8.34. The molecule has 0 aromatic carbocycles. The minimum absolute atomic E-state index is 0.130. The lowest BCUT2D eigenvalue weighted by molar-refractivity contribution is -0.389. The van der Waals surface area contributed by atoms with Gasteiger partial charge in [0.05, 0.1) is 0 Å². The zero-order valence-electron chi connectivity index (χ0n) is 14.2. The minimum atomic E-state index is -0.508. The highest BCUT2D eigenvalue weighted by Gasteiger charge is 2.23. The summed E-state index contributed by atoms with van der Waals surface area (Å²) in [5, 5.41) is 10.7. The molecule has 1 aromatic rings. The van der Waals surface area contributed by atoms with Gasteiger partial charge in [-0.05, 0) is 41.0 Å². The number of nitro groups is 1. The van der Waals surface area contributed by atoms with Gasteiger partial charge < -0.3 is 19.6 Å². The Kier molecular flexibility index (Phi) is 5.74. The van der Waals surface area contributed by atoms with Crippen LogP contribution >= 0.6 is 0 Å². The molecule has 0 unspecified atom stereocenters. The van der Waals surface area contributed by atoms with Crippen molar-refractivity contribution in [3.05, 3.63) is 22.1 Å². The van der Waals surface area contributed by atoms with Gasteiger partial charge in [-0.1, -0.05) is 13.8 Å². The Balaban J connectivity index is 1.88. The van der Waals surface area contributed by atoms with E-state index in [2.05, 4.69) is 18.8 Å². The van der Waals surface area contributed by atoms with E-state index in [1.165, 1.54) is 12.6 Å². The molecule has 1 atom stereocenters. The number of imidazole rings is 1. The molecule has 2 heterocycles. The van der Waals surface area contributed by atoms with Gasteiger partial charge in [-0.15, -0.1) is 0 Å². The van der Waals surface area contributed by atoms with E-state index in [-0.39, 0.29) is 11.7 Å². The SMILES string of the molecule is Cc1nc([N+](=O)[O-])cn1CCC(=O)N1CCC[C@@H](C(C)C)CC1. The molecular weight excluding hydrogens is 296 g/mol. The summed E-state index contributed by atoms with van der Waals surface area (Å²) in [7, 11) is 0.